The van der Waals surface area contributed by atoms with Crippen molar-refractivity contribution in [3.8, 4) is 17.2 Å². The molecule has 0 saturated carbocycles. The Morgan fingerprint density at radius 1 is 0.806 bits per heavy atom. The lowest BCUT2D eigenvalue weighted by atomic mass is 10.1. The Bertz CT molecular complexity index is 993. The highest BCUT2D eigenvalue weighted by Gasteiger charge is 2.09. The Labute approximate surface area is 183 Å². The molecule has 0 unspecified atom stereocenters. The first kappa shape index (κ1) is 21.2. The van der Waals surface area contributed by atoms with E-state index in [9.17, 15) is 4.79 Å². The van der Waals surface area contributed by atoms with Crippen molar-refractivity contribution in [2.24, 2.45) is 0 Å². The zero-order valence-electron chi connectivity index (χ0n) is 17.9. The van der Waals surface area contributed by atoms with Crippen molar-refractivity contribution in [1.82, 2.24) is 9.47 Å². The van der Waals surface area contributed by atoms with Gasteiger partial charge in [-0.3, -0.25) is 9.36 Å². The number of pyridine rings is 1. The van der Waals surface area contributed by atoms with E-state index >= 15 is 0 Å². The Balaban J connectivity index is 1.28. The number of rotatable bonds is 9. The Morgan fingerprint density at radius 2 is 1.58 bits per heavy atom. The van der Waals surface area contributed by atoms with Crippen LogP contribution in [0.3, 0.4) is 0 Å². The van der Waals surface area contributed by atoms with Gasteiger partial charge in [0.1, 0.15) is 18.1 Å². The third-order valence-electron chi connectivity index (χ3n) is 5.59. The van der Waals surface area contributed by atoms with E-state index in [2.05, 4.69) is 4.90 Å². The fraction of sp³-hybridized carbons (Fsp3) is 0.346. The molecule has 1 aromatic heterocycles. The van der Waals surface area contributed by atoms with Crippen LogP contribution < -0.4 is 15.0 Å². The molecule has 0 atom stereocenters. The molecule has 2 heterocycles. The van der Waals surface area contributed by atoms with Gasteiger partial charge in [0.25, 0.3) is 5.56 Å². The van der Waals surface area contributed by atoms with E-state index in [0.717, 1.165) is 30.0 Å². The highest BCUT2D eigenvalue weighted by atomic mass is 16.5. The van der Waals surface area contributed by atoms with E-state index in [0.29, 0.717) is 19.0 Å². The van der Waals surface area contributed by atoms with Gasteiger partial charge in [-0.15, -0.1) is 0 Å². The number of likely N-dealkylation sites (tertiary alicyclic amines) is 1. The Hall–Kier alpha value is -3.05. The third kappa shape index (κ3) is 6.22. The first-order valence-corrected chi connectivity index (χ1v) is 11.1. The summed E-state index contributed by atoms with van der Waals surface area (Å²) < 4.78 is 13.2. The summed E-state index contributed by atoms with van der Waals surface area (Å²) in [4.78, 5) is 15.1. The largest absolute Gasteiger partial charge is 0.494 e. The molecule has 0 bridgehead atoms. The minimum Gasteiger partial charge on any atom is -0.494 e. The van der Waals surface area contributed by atoms with E-state index in [1.165, 1.54) is 38.4 Å². The first-order chi connectivity index (χ1) is 15.3. The van der Waals surface area contributed by atoms with Gasteiger partial charge in [0, 0.05) is 24.5 Å². The average molecular weight is 419 g/mol. The molecule has 0 radical (unpaired) electrons. The van der Waals surface area contributed by atoms with Gasteiger partial charge in [-0.1, -0.05) is 36.8 Å². The van der Waals surface area contributed by atoms with Crippen molar-refractivity contribution in [1.29, 1.82) is 0 Å². The van der Waals surface area contributed by atoms with E-state index in [4.69, 9.17) is 9.47 Å². The maximum atomic E-state index is 12.5. The van der Waals surface area contributed by atoms with Crippen LogP contribution in [0.2, 0.25) is 0 Å². The van der Waals surface area contributed by atoms with Crippen LogP contribution in [0.5, 0.6) is 11.5 Å². The summed E-state index contributed by atoms with van der Waals surface area (Å²) in [7, 11) is 0. The zero-order valence-corrected chi connectivity index (χ0v) is 17.9. The molecule has 5 heteroatoms. The summed E-state index contributed by atoms with van der Waals surface area (Å²) in [5.41, 5.74) is 1.75. The monoisotopic (exact) mass is 418 g/mol. The lowest BCUT2D eigenvalue weighted by Gasteiger charge is -2.26. The van der Waals surface area contributed by atoms with Gasteiger partial charge >= 0.3 is 0 Å². The third-order valence-corrected chi connectivity index (χ3v) is 5.59. The van der Waals surface area contributed by atoms with Gasteiger partial charge in [0.2, 0.25) is 0 Å². The second-order valence-electron chi connectivity index (χ2n) is 7.94. The molecular weight excluding hydrogens is 388 g/mol. The maximum absolute atomic E-state index is 12.5. The molecule has 2 aromatic carbocycles. The summed E-state index contributed by atoms with van der Waals surface area (Å²) in [6, 6.07) is 20.9. The molecule has 4 rings (SSSR count). The number of hydrogen-bond acceptors (Lipinski definition) is 4. The second-order valence-corrected chi connectivity index (χ2v) is 7.94. The van der Waals surface area contributed by atoms with Crippen LogP contribution in [0.15, 0.2) is 77.7 Å². The highest BCUT2D eigenvalue weighted by Crippen LogP contribution is 2.17. The number of ether oxygens (including phenoxy) is 2. The van der Waals surface area contributed by atoms with Crippen molar-refractivity contribution in [3.05, 3.63) is 88.8 Å². The normalized spacial score (nSPS) is 14.3. The van der Waals surface area contributed by atoms with Crippen LogP contribution in [-0.2, 0) is 6.61 Å². The lowest BCUT2D eigenvalue weighted by Crippen LogP contribution is -2.31. The molecule has 0 N–H and O–H groups in total. The molecule has 3 aromatic rings. The topological polar surface area (TPSA) is 43.7 Å². The molecule has 31 heavy (non-hydrogen) atoms. The molecular formula is C26H30N2O3. The van der Waals surface area contributed by atoms with Crippen molar-refractivity contribution in [2.75, 3.05) is 26.2 Å². The van der Waals surface area contributed by atoms with Gasteiger partial charge in [-0.25, -0.2) is 0 Å². The number of nitrogens with zero attached hydrogens (tertiary/aromatic N) is 2. The molecule has 0 amide bonds. The van der Waals surface area contributed by atoms with Crippen LogP contribution in [0.4, 0.5) is 0 Å². The second kappa shape index (κ2) is 10.8. The van der Waals surface area contributed by atoms with E-state index < -0.39 is 0 Å². The fourth-order valence-electron chi connectivity index (χ4n) is 3.87. The van der Waals surface area contributed by atoms with Gasteiger partial charge < -0.3 is 14.4 Å². The van der Waals surface area contributed by atoms with Crippen LogP contribution >= 0.6 is 0 Å². The van der Waals surface area contributed by atoms with E-state index in [1.807, 2.05) is 60.7 Å². The number of piperidine rings is 1. The smallest absolute Gasteiger partial charge is 0.258 e. The predicted octanol–water partition coefficient (Wildman–Crippen LogP) is 4.67. The van der Waals surface area contributed by atoms with Crippen molar-refractivity contribution < 1.29 is 9.47 Å². The highest BCUT2D eigenvalue weighted by molar-refractivity contribution is 5.38. The number of aromatic nitrogens is 1. The van der Waals surface area contributed by atoms with Crippen molar-refractivity contribution in [2.45, 2.75) is 32.3 Å². The minimum atomic E-state index is -0.124. The van der Waals surface area contributed by atoms with Gasteiger partial charge in [0.15, 0.2) is 0 Å². The fourth-order valence-corrected chi connectivity index (χ4v) is 3.87. The summed E-state index contributed by atoms with van der Waals surface area (Å²) in [5, 5.41) is 0. The summed E-state index contributed by atoms with van der Waals surface area (Å²) >= 11 is 0. The maximum Gasteiger partial charge on any atom is 0.258 e. The molecule has 0 aliphatic carbocycles. The average Bonchev–Trinajstić information content (AvgIpc) is 2.82. The van der Waals surface area contributed by atoms with Crippen LogP contribution in [0.25, 0.3) is 5.69 Å². The van der Waals surface area contributed by atoms with Gasteiger partial charge in [-0.05, 0) is 68.2 Å². The molecule has 1 aliphatic rings. The van der Waals surface area contributed by atoms with Crippen LogP contribution in [0.1, 0.15) is 31.2 Å². The van der Waals surface area contributed by atoms with E-state index in [1.54, 1.807) is 10.8 Å². The van der Waals surface area contributed by atoms with Gasteiger partial charge in [-0.2, -0.15) is 0 Å². The lowest BCUT2D eigenvalue weighted by molar-refractivity contribution is 0.205. The van der Waals surface area contributed by atoms with Crippen molar-refractivity contribution in [3.63, 3.8) is 0 Å². The number of benzene rings is 2. The van der Waals surface area contributed by atoms with Crippen LogP contribution in [-0.4, -0.2) is 35.7 Å². The van der Waals surface area contributed by atoms with Gasteiger partial charge in [0.05, 0.1) is 6.61 Å². The summed E-state index contributed by atoms with van der Waals surface area (Å²) in [6.45, 7) is 4.70. The summed E-state index contributed by atoms with van der Waals surface area (Å²) in [6.07, 6.45) is 6.79. The molecule has 0 spiro atoms. The molecule has 162 valence electrons. The molecule has 1 fully saturated rings. The summed E-state index contributed by atoms with van der Waals surface area (Å²) in [5.74, 6) is 1.40. The predicted molar refractivity (Wildman–Crippen MR) is 123 cm³/mol. The van der Waals surface area contributed by atoms with Crippen LogP contribution in [0, 0.1) is 0 Å². The minimum absolute atomic E-state index is 0.124. The molecule has 1 saturated heterocycles. The zero-order chi connectivity index (χ0) is 21.3. The first-order valence-electron chi connectivity index (χ1n) is 11.1. The molecule has 1 aliphatic heterocycles. The van der Waals surface area contributed by atoms with E-state index in [-0.39, 0.29) is 5.56 Å². The standard InChI is InChI=1S/C26H30N2O3/c29-26-20-25(31-21-22-8-3-1-4-9-22)14-18-28(26)23-10-12-24(13-11-23)30-19-7-17-27-15-5-2-6-16-27/h1,3-4,8-14,18,20H,2,5-7,15-17,19,21H2. The quantitative estimate of drug-likeness (QED) is 0.474. The van der Waals surface area contributed by atoms with Crippen molar-refractivity contribution >= 4 is 0 Å². The Morgan fingerprint density at radius 3 is 2.32 bits per heavy atom. The molecule has 5 nitrogen and oxygen atoms in total. The SMILES string of the molecule is O=c1cc(OCc2ccccc2)ccn1-c1ccc(OCCCN2CCCCC2)cc1. The number of hydrogen-bond donors (Lipinski definition) is 0. The Kier molecular flexibility index (Phi) is 7.40.